The molecular weight excluding hydrogens is 271 g/mol. The minimum absolute atomic E-state index is 0.0569. The molecule has 18 heavy (non-hydrogen) atoms. The molecule has 0 radical (unpaired) electrons. The predicted molar refractivity (Wildman–Crippen MR) is 75.2 cm³/mol. The molecule has 0 spiro atoms. The van der Waals surface area contributed by atoms with Crippen LogP contribution in [0.1, 0.15) is 11.1 Å². The second-order valence-electron chi connectivity index (χ2n) is 3.76. The molecule has 0 unspecified atom stereocenters. The average Bonchev–Trinajstić information content (AvgIpc) is 2.35. The van der Waals surface area contributed by atoms with E-state index >= 15 is 0 Å². The smallest absolute Gasteiger partial charge is 0.134 e. The maximum Gasteiger partial charge on any atom is 0.134 e. The van der Waals surface area contributed by atoms with Crippen molar-refractivity contribution in [2.24, 2.45) is 0 Å². The van der Waals surface area contributed by atoms with Crippen molar-refractivity contribution in [2.45, 2.75) is 0 Å². The highest BCUT2D eigenvalue weighted by atomic mass is 35.5. The van der Waals surface area contributed by atoms with Crippen molar-refractivity contribution in [3.63, 3.8) is 0 Å². The number of halogens is 2. The fourth-order valence-corrected chi connectivity index (χ4v) is 1.82. The molecule has 0 aromatic heterocycles. The summed E-state index contributed by atoms with van der Waals surface area (Å²) in [4.78, 5) is 0. The van der Waals surface area contributed by atoms with Crippen LogP contribution in [0, 0.1) is 0 Å². The molecule has 0 bridgehead atoms. The van der Waals surface area contributed by atoms with Gasteiger partial charge < -0.3 is 10.2 Å². The van der Waals surface area contributed by atoms with Gasteiger partial charge in [-0.2, -0.15) is 0 Å². The highest BCUT2D eigenvalue weighted by molar-refractivity contribution is 6.32. The molecule has 2 rings (SSSR count). The summed E-state index contributed by atoms with van der Waals surface area (Å²) in [6, 6.07) is 9.89. The number of phenols is 2. The van der Waals surface area contributed by atoms with Crippen LogP contribution in [0.4, 0.5) is 0 Å². The van der Waals surface area contributed by atoms with E-state index in [0.717, 1.165) is 11.1 Å². The summed E-state index contributed by atoms with van der Waals surface area (Å²) in [6.45, 7) is 0. The molecule has 92 valence electrons. The Balaban J connectivity index is 2.24. The fourth-order valence-electron chi connectivity index (χ4n) is 1.45. The van der Waals surface area contributed by atoms with E-state index in [-0.39, 0.29) is 11.5 Å². The lowest BCUT2D eigenvalue weighted by Crippen LogP contribution is -1.75. The first-order valence-corrected chi connectivity index (χ1v) is 5.97. The van der Waals surface area contributed by atoms with Gasteiger partial charge in [-0.3, -0.25) is 0 Å². The van der Waals surface area contributed by atoms with Crippen molar-refractivity contribution < 1.29 is 10.2 Å². The standard InChI is InChI=1S/C14H10Cl2O2/c15-11-7-9(3-5-13(11)17)1-2-10-4-6-14(18)12(16)8-10/h1-8,17-18H/b2-1+. The number of hydrogen-bond donors (Lipinski definition) is 2. The zero-order valence-corrected chi connectivity index (χ0v) is 10.8. The first-order chi connectivity index (χ1) is 8.56. The summed E-state index contributed by atoms with van der Waals surface area (Å²) < 4.78 is 0. The molecule has 0 aliphatic rings. The van der Waals surface area contributed by atoms with Gasteiger partial charge in [-0.1, -0.05) is 47.5 Å². The van der Waals surface area contributed by atoms with Crippen molar-refractivity contribution >= 4 is 35.4 Å². The van der Waals surface area contributed by atoms with Gasteiger partial charge in [-0.05, 0) is 35.4 Å². The lowest BCUT2D eigenvalue weighted by molar-refractivity contribution is 0.475. The van der Waals surface area contributed by atoms with Crippen LogP contribution >= 0.6 is 23.2 Å². The second-order valence-corrected chi connectivity index (χ2v) is 4.57. The number of hydrogen-bond acceptors (Lipinski definition) is 2. The van der Waals surface area contributed by atoms with Crippen LogP contribution in [-0.2, 0) is 0 Å². The number of aromatic hydroxyl groups is 2. The molecular formula is C14H10Cl2O2. The maximum absolute atomic E-state index is 9.29. The molecule has 0 amide bonds. The largest absolute Gasteiger partial charge is 0.506 e. The molecule has 0 saturated carbocycles. The first-order valence-electron chi connectivity index (χ1n) is 5.21. The average molecular weight is 281 g/mol. The minimum Gasteiger partial charge on any atom is -0.506 e. The van der Waals surface area contributed by atoms with E-state index in [1.165, 1.54) is 12.1 Å². The maximum atomic E-state index is 9.29. The van der Waals surface area contributed by atoms with Gasteiger partial charge in [0.15, 0.2) is 0 Å². The Bertz CT molecular complexity index is 553. The van der Waals surface area contributed by atoms with Gasteiger partial charge >= 0.3 is 0 Å². The Hall–Kier alpha value is -1.64. The molecule has 0 aliphatic carbocycles. The van der Waals surface area contributed by atoms with Crippen LogP contribution in [0.2, 0.25) is 10.0 Å². The highest BCUT2D eigenvalue weighted by Gasteiger charge is 1.99. The molecule has 0 saturated heterocycles. The van der Waals surface area contributed by atoms with E-state index < -0.39 is 0 Å². The third kappa shape index (κ3) is 2.97. The Morgan fingerprint density at radius 3 is 1.44 bits per heavy atom. The van der Waals surface area contributed by atoms with Gasteiger partial charge in [-0.25, -0.2) is 0 Å². The Morgan fingerprint density at radius 2 is 1.11 bits per heavy atom. The van der Waals surface area contributed by atoms with Gasteiger partial charge in [0.2, 0.25) is 0 Å². The van der Waals surface area contributed by atoms with Crippen LogP contribution in [0.3, 0.4) is 0 Å². The Labute approximate surface area is 115 Å². The van der Waals surface area contributed by atoms with Crippen LogP contribution in [0.15, 0.2) is 36.4 Å². The molecule has 0 heterocycles. The summed E-state index contributed by atoms with van der Waals surface area (Å²) >= 11 is 11.6. The van der Waals surface area contributed by atoms with E-state index in [2.05, 4.69) is 0 Å². The van der Waals surface area contributed by atoms with Gasteiger partial charge in [0.25, 0.3) is 0 Å². The van der Waals surface area contributed by atoms with Crippen molar-refractivity contribution in [2.75, 3.05) is 0 Å². The van der Waals surface area contributed by atoms with Crippen LogP contribution in [0.25, 0.3) is 12.2 Å². The Morgan fingerprint density at radius 1 is 0.722 bits per heavy atom. The topological polar surface area (TPSA) is 40.5 Å². The van der Waals surface area contributed by atoms with E-state index in [9.17, 15) is 10.2 Å². The number of benzene rings is 2. The highest BCUT2D eigenvalue weighted by Crippen LogP contribution is 2.26. The second kappa shape index (κ2) is 5.34. The lowest BCUT2D eigenvalue weighted by Gasteiger charge is -2.00. The van der Waals surface area contributed by atoms with Crippen LogP contribution in [0.5, 0.6) is 11.5 Å². The van der Waals surface area contributed by atoms with E-state index in [4.69, 9.17) is 23.2 Å². The van der Waals surface area contributed by atoms with Gasteiger partial charge in [0.1, 0.15) is 11.5 Å². The van der Waals surface area contributed by atoms with E-state index in [1.807, 2.05) is 12.2 Å². The number of rotatable bonds is 2. The molecule has 0 atom stereocenters. The summed E-state index contributed by atoms with van der Waals surface area (Å²) in [5.41, 5.74) is 1.73. The molecule has 2 aromatic rings. The third-order valence-electron chi connectivity index (χ3n) is 2.41. The van der Waals surface area contributed by atoms with E-state index in [0.29, 0.717) is 10.0 Å². The van der Waals surface area contributed by atoms with Crippen molar-refractivity contribution in [3.05, 3.63) is 57.6 Å². The predicted octanol–water partition coefficient (Wildman–Crippen LogP) is 4.58. The quantitative estimate of drug-likeness (QED) is 0.791. The summed E-state index contributed by atoms with van der Waals surface area (Å²) in [5.74, 6) is 0.114. The van der Waals surface area contributed by atoms with Crippen molar-refractivity contribution in [1.29, 1.82) is 0 Å². The molecule has 4 heteroatoms. The summed E-state index contributed by atoms with van der Waals surface area (Å²) in [5, 5.41) is 19.2. The van der Waals surface area contributed by atoms with Gasteiger partial charge in [0, 0.05) is 0 Å². The monoisotopic (exact) mass is 280 g/mol. The van der Waals surface area contributed by atoms with Crippen LogP contribution in [-0.4, -0.2) is 10.2 Å². The third-order valence-corrected chi connectivity index (χ3v) is 3.02. The zero-order valence-electron chi connectivity index (χ0n) is 9.27. The van der Waals surface area contributed by atoms with Gasteiger partial charge in [0.05, 0.1) is 10.0 Å². The molecule has 0 aliphatic heterocycles. The van der Waals surface area contributed by atoms with Gasteiger partial charge in [-0.15, -0.1) is 0 Å². The van der Waals surface area contributed by atoms with Crippen LogP contribution < -0.4 is 0 Å². The minimum atomic E-state index is 0.0569. The van der Waals surface area contributed by atoms with Crippen molar-refractivity contribution in [3.8, 4) is 11.5 Å². The molecule has 2 N–H and O–H groups in total. The summed E-state index contributed by atoms with van der Waals surface area (Å²) in [6.07, 6.45) is 3.68. The number of phenolic OH excluding ortho intramolecular Hbond substituents is 2. The fraction of sp³-hybridized carbons (Fsp3) is 0. The molecule has 0 fully saturated rings. The molecule has 2 aromatic carbocycles. The summed E-state index contributed by atoms with van der Waals surface area (Å²) in [7, 11) is 0. The normalized spacial score (nSPS) is 11.0. The first kappa shape index (κ1) is 12.8. The Kier molecular flexibility index (Phi) is 3.80. The SMILES string of the molecule is Oc1ccc(/C=C/c2ccc(O)c(Cl)c2)cc1Cl. The van der Waals surface area contributed by atoms with E-state index in [1.54, 1.807) is 24.3 Å². The van der Waals surface area contributed by atoms with Crippen molar-refractivity contribution in [1.82, 2.24) is 0 Å². The lowest BCUT2D eigenvalue weighted by atomic mass is 10.1. The molecule has 2 nitrogen and oxygen atoms in total. The zero-order chi connectivity index (χ0) is 13.1.